The van der Waals surface area contributed by atoms with Crippen molar-refractivity contribution in [2.24, 2.45) is 5.73 Å². The third-order valence-electron chi connectivity index (χ3n) is 2.23. The number of ether oxygens (including phenoxy) is 1. The van der Waals surface area contributed by atoms with Gasteiger partial charge in [-0.3, -0.25) is 0 Å². The Hall–Kier alpha value is -1.88. The van der Waals surface area contributed by atoms with Gasteiger partial charge in [-0.15, -0.1) is 0 Å². The molecule has 19 heavy (non-hydrogen) atoms. The first-order valence-corrected chi connectivity index (χ1v) is 6.57. The maximum Gasteiger partial charge on any atom is 0.346 e. The summed E-state index contributed by atoms with van der Waals surface area (Å²) in [5.74, 6) is -0.273. The summed E-state index contributed by atoms with van der Waals surface area (Å²) < 4.78 is 4.94. The zero-order chi connectivity index (χ0) is 14.4. The van der Waals surface area contributed by atoms with Crippen LogP contribution in [0.4, 0.5) is 0 Å². The van der Waals surface area contributed by atoms with Crippen LogP contribution in [0.15, 0.2) is 41.4 Å². The highest BCUT2D eigenvalue weighted by atomic mass is 32.2. The topological polar surface area (TPSA) is 72.5 Å². The molecule has 1 aromatic rings. The summed E-state index contributed by atoms with van der Waals surface area (Å²) in [6.07, 6.45) is 0. The molecule has 0 saturated heterocycles. The van der Waals surface area contributed by atoms with Crippen LogP contribution in [-0.2, 0) is 9.53 Å². The van der Waals surface area contributed by atoms with Gasteiger partial charge in [-0.25, -0.2) is 4.79 Å². The molecule has 4 nitrogen and oxygen atoms in total. The summed E-state index contributed by atoms with van der Waals surface area (Å²) in [5.41, 5.74) is 6.90. The zero-order valence-electron chi connectivity index (χ0n) is 11.0. The molecule has 102 valence electrons. The molecule has 0 spiro atoms. The van der Waals surface area contributed by atoms with Crippen LogP contribution in [0.5, 0.6) is 5.75 Å². The second-order valence-electron chi connectivity index (χ2n) is 3.80. The summed E-state index contributed by atoms with van der Waals surface area (Å²) in [6, 6.07) is 6.56. The van der Waals surface area contributed by atoms with Crippen molar-refractivity contribution in [1.82, 2.24) is 0 Å². The Morgan fingerprint density at radius 3 is 2.47 bits per heavy atom. The number of benzene rings is 1. The third kappa shape index (κ3) is 4.37. The number of phenols is 1. The van der Waals surface area contributed by atoms with Crippen LogP contribution in [0.25, 0.3) is 4.91 Å². The van der Waals surface area contributed by atoms with Gasteiger partial charge in [0.25, 0.3) is 0 Å². The molecule has 5 heteroatoms. The van der Waals surface area contributed by atoms with E-state index in [1.807, 2.05) is 0 Å². The molecule has 0 atom stereocenters. The number of allylic oxidation sites excluding steroid dienone is 1. The van der Waals surface area contributed by atoms with E-state index in [4.69, 9.17) is 10.5 Å². The van der Waals surface area contributed by atoms with Crippen molar-refractivity contribution in [2.45, 2.75) is 13.8 Å². The van der Waals surface area contributed by atoms with Crippen LogP contribution in [-0.4, -0.2) is 17.7 Å². The fourth-order valence-electron chi connectivity index (χ4n) is 1.31. The molecule has 3 N–H and O–H groups in total. The summed E-state index contributed by atoms with van der Waals surface area (Å²) in [6.45, 7) is 7.58. The van der Waals surface area contributed by atoms with Crippen molar-refractivity contribution < 1.29 is 14.6 Å². The molecule has 0 aliphatic heterocycles. The number of hydrogen-bond donors (Lipinski definition) is 2. The summed E-state index contributed by atoms with van der Waals surface area (Å²) in [4.78, 5) is 12.7. The normalized spacial score (nSPS) is 11.7. The number of carbonyl (C=O) groups is 1. The van der Waals surface area contributed by atoms with E-state index in [-0.39, 0.29) is 5.75 Å². The van der Waals surface area contributed by atoms with Crippen molar-refractivity contribution in [3.8, 4) is 5.75 Å². The maximum atomic E-state index is 11.7. The molecule has 0 saturated carbocycles. The standard InChI is InChI=1S/C14H17NO3S/c1-4-18-14(17)13(9(2)15)19-10(3)11-5-7-12(16)8-6-11/h5-8,16H,3-4,15H2,1-2H3/b13-9-. The lowest BCUT2D eigenvalue weighted by atomic mass is 10.2. The molecular weight excluding hydrogens is 262 g/mol. The van der Waals surface area contributed by atoms with Gasteiger partial charge in [-0.2, -0.15) is 0 Å². The van der Waals surface area contributed by atoms with Gasteiger partial charge in [-0.1, -0.05) is 30.5 Å². The molecule has 0 unspecified atom stereocenters. The first kappa shape index (κ1) is 15.2. The Bertz CT molecular complexity index is 502. The maximum absolute atomic E-state index is 11.7. The number of hydrogen-bond acceptors (Lipinski definition) is 5. The number of nitrogens with two attached hydrogens (primary N) is 1. The predicted octanol–water partition coefficient (Wildman–Crippen LogP) is 2.85. The van der Waals surface area contributed by atoms with E-state index in [1.165, 1.54) is 0 Å². The minimum Gasteiger partial charge on any atom is -0.508 e. The van der Waals surface area contributed by atoms with Crippen LogP contribution >= 0.6 is 11.8 Å². The molecule has 1 aromatic carbocycles. The van der Waals surface area contributed by atoms with E-state index in [0.29, 0.717) is 22.1 Å². The molecule has 1 rings (SSSR count). The molecule has 0 fully saturated rings. The highest BCUT2D eigenvalue weighted by Crippen LogP contribution is 2.34. The van der Waals surface area contributed by atoms with Crippen LogP contribution in [0.3, 0.4) is 0 Å². The van der Waals surface area contributed by atoms with Gasteiger partial charge >= 0.3 is 5.97 Å². The first-order chi connectivity index (χ1) is 8.95. The van der Waals surface area contributed by atoms with E-state index >= 15 is 0 Å². The predicted molar refractivity (Wildman–Crippen MR) is 78.3 cm³/mol. The van der Waals surface area contributed by atoms with Gasteiger partial charge in [0, 0.05) is 10.6 Å². The molecule has 0 bridgehead atoms. The van der Waals surface area contributed by atoms with Crippen LogP contribution in [0, 0.1) is 0 Å². The van der Waals surface area contributed by atoms with Gasteiger partial charge in [0.1, 0.15) is 10.7 Å². The minimum atomic E-state index is -0.451. The fourth-order valence-corrected chi connectivity index (χ4v) is 2.11. The average molecular weight is 279 g/mol. The second-order valence-corrected chi connectivity index (χ2v) is 4.91. The average Bonchev–Trinajstić information content (AvgIpc) is 2.36. The van der Waals surface area contributed by atoms with Crippen molar-refractivity contribution in [2.75, 3.05) is 6.61 Å². The van der Waals surface area contributed by atoms with Crippen molar-refractivity contribution in [3.63, 3.8) is 0 Å². The Balaban J connectivity index is 2.87. The van der Waals surface area contributed by atoms with Crippen LogP contribution in [0.1, 0.15) is 19.4 Å². The van der Waals surface area contributed by atoms with Gasteiger partial charge in [0.15, 0.2) is 0 Å². The Morgan fingerprint density at radius 2 is 2.00 bits per heavy atom. The Kier molecular flexibility index (Phi) is 5.51. The Morgan fingerprint density at radius 1 is 1.42 bits per heavy atom. The van der Waals surface area contributed by atoms with E-state index < -0.39 is 5.97 Å². The highest BCUT2D eigenvalue weighted by Gasteiger charge is 2.16. The van der Waals surface area contributed by atoms with E-state index in [0.717, 1.165) is 17.3 Å². The highest BCUT2D eigenvalue weighted by molar-refractivity contribution is 8.12. The number of esters is 1. The molecule has 0 aromatic heterocycles. The first-order valence-electron chi connectivity index (χ1n) is 5.75. The van der Waals surface area contributed by atoms with Crippen molar-refractivity contribution >= 4 is 22.6 Å². The Labute approximate surface area is 117 Å². The zero-order valence-corrected chi connectivity index (χ0v) is 11.8. The lowest BCUT2D eigenvalue weighted by molar-refractivity contribution is -0.137. The second kappa shape index (κ2) is 6.89. The quantitative estimate of drug-likeness (QED) is 0.640. The van der Waals surface area contributed by atoms with E-state index in [2.05, 4.69) is 6.58 Å². The van der Waals surface area contributed by atoms with Gasteiger partial charge < -0.3 is 15.6 Å². The van der Waals surface area contributed by atoms with Crippen LogP contribution in [0.2, 0.25) is 0 Å². The largest absolute Gasteiger partial charge is 0.508 e. The SMILES string of the molecule is C=C(S/C(C(=O)OCC)=C(/C)N)c1ccc(O)cc1. The third-order valence-corrected chi connectivity index (χ3v) is 3.41. The summed E-state index contributed by atoms with van der Waals surface area (Å²) >= 11 is 1.16. The number of thioether (sulfide) groups is 1. The lowest BCUT2D eigenvalue weighted by Crippen LogP contribution is -2.10. The molecule has 0 aliphatic rings. The minimum absolute atomic E-state index is 0.178. The molecule has 0 amide bonds. The lowest BCUT2D eigenvalue weighted by Gasteiger charge is -2.10. The monoisotopic (exact) mass is 279 g/mol. The number of phenolic OH excluding ortho intramolecular Hbond substituents is 1. The fraction of sp³-hybridized carbons (Fsp3) is 0.214. The molecule has 0 heterocycles. The van der Waals surface area contributed by atoms with E-state index in [1.54, 1.807) is 38.1 Å². The van der Waals surface area contributed by atoms with Gasteiger partial charge in [0.2, 0.25) is 0 Å². The smallest absolute Gasteiger partial charge is 0.346 e. The molecule has 0 radical (unpaired) electrons. The summed E-state index contributed by atoms with van der Waals surface area (Å²) in [5, 5.41) is 9.23. The van der Waals surface area contributed by atoms with Crippen molar-refractivity contribution in [3.05, 3.63) is 47.0 Å². The summed E-state index contributed by atoms with van der Waals surface area (Å²) in [7, 11) is 0. The number of aromatic hydroxyl groups is 1. The van der Waals surface area contributed by atoms with Crippen molar-refractivity contribution in [1.29, 1.82) is 0 Å². The number of rotatable bonds is 5. The van der Waals surface area contributed by atoms with Crippen LogP contribution < -0.4 is 5.73 Å². The van der Waals surface area contributed by atoms with Gasteiger partial charge in [-0.05, 0) is 31.5 Å². The van der Waals surface area contributed by atoms with E-state index in [9.17, 15) is 9.90 Å². The van der Waals surface area contributed by atoms with Gasteiger partial charge in [0.05, 0.1) is 6.61 Å². The molecular formula is C14H17NO3S. The molecule has 0 aliphatic carbocycles. The number of carbonyl (C=O) groups excluding carboxylic acids is 1.